The molecule has 3 aromatic rings. The Kier molecular flexibility index (Phi) is 6.07. The van der Waals surface area contributed by atoms with Crippen molar-refractivity contribution >= 4 is 11.4 Å². The van der Waals surface area contributed by atoms with Gasteiger partial charge in [0.2, 0.25) is 5.89 Å². The molecule has 1 aromatic heterocycles. The summed E-state index contributed by atoms with van der Waals surface area (Å²) in [4.78, 5) is 3.22. The molecule has 0 aliphatic rings. The molecule has 0 bridgehead atoms. The molecule has 0 N–H and O–H groups in total. The molecule has 0 amide bonds. The van der Waals surface area contributed by atoms with Crippen molar-refractivity contribution in [3.05, 3.63) is 70.9 Å². The molecule has 3 rings (SSSR count). The zero-order valence-corrected chi connectivity index (χ0v) is 15.6. The number of benzene rings is 2. The summed E-state index contributed by atoms with van der Waals surface area (Å²) in [5.41, 5.74) is -3.00. The quantitative estimate of drug-likeness (QED) is 0.337. The molecule has 32 heavy (non-hydrogen) atoms. The van der Waals surface area contributed by atoms with E-state index in [1.54, 1.807) is 0 Å². The summed E-state index contributed by atoms with van der Waals surface area (Å²) < 4.78 is 111. The maximum atomic E-state index is 13.9. The highest BCUT2D eigenvalue weighted by Crippen LogP contribution is 2.39. The fraction of sp³-hybridized carbons (Fsp3) is 0.211. The van der Waals surface area contributed by atoms with Crippen LogP contribution in [0.1, 0.15) is 11.5 Å². The van der Waals surface area contributed by atoms with Crippen molar-refractivity contribution in [1.29, 1.82) is 0 Å². The molecule has 0 unspecified atom stereocenters. The van der Waals surface area contributed by atoms with Gasteiger partial charge >= 0.3 is 12.4 Å². The minimum absolute atomic E-state index is 0.312. The zero-order chi connectivity index (χ0) is 23.7. The van der Waals surface area contributed by atoms with Gasteiger partial charge in [0, 0.05) is 11.8 Å². The minimum Gasteiger partial charge on any atom is -0.419 e. The van der Waals surface area contributed by atoms with Gasteiger partial charge in [-0.1, -0.05) is 6.07 Å². The van der Waals surface area contributed by atoms with Gasteiger partial charge in [-0.05, 0) is 24.3 Å². The Bertz CT molecular complexity index is 1160. The summed E-state index contributed by atoms with van der Waals surface area (Å²) in [7, 11) is 0. The van der Waals surface area contributed by atoms with Crippen LogP contribution in [-0.2, 0) is 12.7 Å². The van der Waals surface area contributed by atoms with Gasteiger partial charge in [-0.15, -0.1) is 10.2 Å². The predicted molar refractivity (Wildman–Crippen MR) is 94.5 cm³/mol. The van der Waals surface area contributed by atoms with Crippen LogP contribution in [0.25, 0.3) is 16.3 Å². The monoisotopic (exact) mass is 462 g/mol. The lowest BCUT2D eigenvalue weighted by molar-refractivity contribution is -0.136. The van der Waals surface area contributed by atoms with E-state index in [0.717, 1.165) is 24.3 Å². The van der Waals surface area contributed by atoms with Crippen LogP contribution in [0.4, 0.5) is 46.5 Å². The van der Waals surface area contributed by atoms with Gasteiger partial charge in [-0.25, -0.2) is 13.6 Å². The highest BCUT2D eigenvalue weighted by molar-refractivity contribution is 5.62. The van der Waals surface area contributed by atoms with Gasteiger partial charge in [0.1, 0.15) is 18.2 Å². The SMILES string of the molecule is [C-]#[N+]c1ccc(N(Cc2nnc(-c3ccc(F)cc3F)o2)CC(F)(F)F)cc1C(F)(F)F. The average Bonchev–Trinajstić information content (AvgIpc) is 3.13. The van der Waals surface area contributed by atoms with E-state index in [2.05, 4.69) is 15.0 Å². The molecule has 0 aliphatic heterocycles. The Morgan fingerprint density at radius 2 is 1.69 bits per heavy atom. The second kappa shape index (κ2) is 8.45. The van der Waals surface area contributed by atoms with Crippen molar-refractivity contribution in [2.75, 3.05) is 11.4 Å². The first kappa shape index (κ1) is 23.0. The van der Waals surface area contributed by atoms with Crippen LogP contribution in [0.2, 0.25) is 0 Å². The van der Waals surface area contributed by atoms with Crippen molar-refractivity contribution in [2.45, 2.75) is 18.9 Å². The number of rotatable bonds is 5. The van der Waals surface area contributed by atoms with Crippen molar-refractivity contribution in [2.24, 2.45) is 0 Å². The fourth-order valence-corrected chi connectivity index (χ4v) is 2.75. The van der Waals surface area contributed by atoms with Crippen molar-refractivity contribution in [3.8, 4) is 11.5 Å². The first-order valence-corrected chi connectivity index (χ1v) is 8.55. The topological polar surface area (TPSA) is 46.5 Å². The summed E-state index contributed by atoms with van der Waals surface area (Å²) in [5, 5.41) is 7.00. The number of hydrogen-bond donors (Lipinski definition) is 0. The van der Waals surface area contributed by atoms with Crippen LogP contribution >= 0.6 is 0 Å². The van der Waals surface area contributed by atoms with E-state index in [4.69, 9.17) is 11.0 Å². The van der Waals surface area contributed by atoms with Crippen LogP contribution in [-0.4, -0.2) is 22.9 Å². The smallest absolute Gasteiger partial charge is 0.407 e. The van der Waals surface area contributed by atoms with Crippen LogP contribution < -0.4 is 4.90 Å². The Hall–Kier alpha value is -3.69. The predicted octanol–water partition coefficient (Wildman–Crippen LogP) is 6.15. The van der Waals surface area contributed by atoms with Gasteiger partial charge in [-0.2, -0.15) is 26.3 Å². The summed E-state index contributed by atoms with van der Waals surface area (Å²) in [6, 6.07) is 4.50. The van der Waals surface area contributed by atoms with E-state index in [9.17, 15) is 35.1 Å². The Balaban J connectivity index is 1.97. The molecule has 1 heterocycles. The van der Waals surface area contributed by atoms with Crippen LogP contribution in [0.5, 0.6) is 0 Å². The van der Waals surface area contributed by atoms with Crippen molar-refractivity contribution in [1.82, 2.24) is 10.2 Å². The lowest BCUT2D eigenvalue weighted by Gasteiger charge is -2.25. The Labute approximate surface area is 174 Å². The third kappa shape index (κ3) is 5.32. The molecule has 0 aliphatic carbocycles. The number of halogens is 8. The largest absolute Gasteiger partial charge is 0.419 e. The van der Waals surface area contributed by atoms with E-state index in [1.807, 2.05) is 0 Å². The van der Waals surface area contributed by atoms with E-state index in [-0.39, 0.29) is 5.56 Å². The van der Waals surface area contributed by atoms with Gasteiger partial charge in [0.25, 0.3) is 5.89 Å². The fourth-order valence-electron chi connectivity index (χ4n) is 2.75. The van der Waals surface area contributed by atoms with E-state index in [0.29, 0.717) is 17.0 Å². The molecule has 0 atom stereocenters. The molecule has 0 radical (unpaired) electrons. The van der Waals surface area contributed by atoms with Crippen LogP contribution in [0.3, 0.4) is 0 Å². The Morgan fingerprint density at radius 1 is 0.969 bits per heavy atom. The lowest BCUT2D eigenvalue weighted by atomic mass is 10.1. The molecule has 0 fully saturated rings. The third-order valence-corrected chi connectivity index (χ3v) is 4.10. The first-order chi connectivity index (χ1) is 14.9. The van der Waals surface area contributed by atoms with Gasteiger partial charge in [0.15, 0.2) is 5.69 Å². The highest BCUT2D eigenvalue weighted by Gasteiger charge is 2.36. The van der Waals surface area contributed by atoms with Crippen LogP contribution in [0.15, 0.2) is 40.8 Å². The normalized spacial score (nSPS) is 12.0. The maximum absolute atomic E-state index is 13.9. The molecule has 0 saturated heterocycles. The van der Waals surface area contributed by atoms with E-state index >= 15 is 0 Å². The standard InChI is InChI=1S/C19H10F8N4O/c1-28-15-5-3-11(7-13(15)19(25,26)27)31(9-18(22,23)24)8-16-29-30-17(32-16)12-4-2-10(20)6-14(12)21/h2-7H,8-9H2. The van der Waals surface area contributed by atoms with Crippen molar-refractivity contribution in [3.63, 3.8) is 0 Å². The molecule has 168 valence electrons. The molecule has 0 spiro atoms. The number of hydrogen-bond acceptors (Lipinski definition) is 4. The van der Waals surface area contributed by atoms with Crippen molar-refractivity contribution < 1.29 is 39.5 Å². The zero-order valence-electron chi connectivity index (χ0n) is 15.6. The number of anilines is 1. The molecule has 2 aromatic carbocycles. The lowest BCUT2D eigenvalue weighted by Crippen LogP contribution is -2.34. The summed E-state index contributed by atoms with van der Waals surface area (Å²) in [5.74, 6) is -2.86. The van der Waals surface area contributed by atoms with Gasteiger partial charge < -0.3 is 9.32 Å². The highest BCUT2D eigenvalue weighted by atomic mass is 19.4. The summed E-state index contributed by atoms with van der Waals surface area (Å²) >= 11 is 0. The van der Waals surface area contributed by atoms with E-state index < -0.39 is 65.8 Å². The van der Waals surface area contributed by atoms with Gasteiger partial charge in [-0.3, -0.25) is 0 Å². The molecular formula is C19H10F8N4O. The molecule has 13 heteroatoms. The summed E-state index contributed by atoms with van der Waals surface area (Å²) in [6.45, 7) is 4.37. The van der Waals surface area contributed by atoms with Gasteiger partial charge in [0.05, 0.1) is 24.2 Å². The molecule has 5 nitrogen and oxygen atoms in total. The average molecular weight is 462 g/mol. The van der Waals surface area contributed by atoms with Crippen LogP contribution in [0, 0.1) is 18.2 Å². The number of alkyl halides is 6. The molecule has 0 saturated carbocycles. The minimum atomic E-state index is -4.97. The number of nitrogens with zero attached hydrogens (tertiary/aromatic N) is 4. The third-order valence-electron chi connectivity index (χ3n) is 4.10. The maximum Gasteiger partial charge on any atom is 0.407 e. The van der Waals surface area contributed by atoms with E-state index in [1.165, 1.54) is 0 Å². The second-order valence-electron chi connectivity index (χ2n) is 6.41. The molecular weight excluding hydrogens is 452 g/mol. The second-order valence-corrected chi connectivity index (χ2v) is 6.41. The summed E-state index contributed by atoms with van der Waals surface area (Å²) in [6.07, 6.45) is -9.79. The Morgan fingerprint density at radius 3 is 2.28 bits per heavy atom. The number of aromatic nitrogens is 2. The first-order valence-electron chi connectivity index (χ1n) is 8.55.